The van der Waals surface area contributed by atoms with Crippen LogP contribution in [-0.4, -0.2) is 63.2 Å². The molecule has 0 unspecified atom stereocenters. The molecular formula is C32H31ClN4O2. The Balaban J connectivity index is 1.18. The van der Waals surface area contributed by atoms with Gasteiger partial charge in [-0.15, -0.1) is 0 Å². The highest BCUT2D eigenvalue weighted by Gasteiger charge is 2.49. The number of nitrogens with one attached hydrogen (secondary N) is 1. The fourth-order valence-electron chi connectivity index (χ4n) is 6.82. The number of nitrogens with zero attached hydrogens (tertiary/aromatic N) is 3. The van der Waals surface area contributed by atoms with Crippen LogP contribution in [0.3, 0.4) is 0 Å². The van der Waals surface area contributed by atoms with Gasteiger partial charge in [0.1, 0.15) is 12.6 Å². The molecule has 2 amide bonds. The van der Waals surface area contributed by atoms with Gasteiger partial charge in [0.2, 0.25) is 11.8 Å². The molecule has 0 bridgehead atoms. The van der Waals surface area contributed by atoms with E-state index in [0.29, 0.717) is 11.4 Å². The number of carbonyl (C=O) groups is 2. The zero-order valence-corrected chi connectivity index (χ0v) is 22.5. The molecule has 1 N–H and O–H groups in total. The zero-order valence-electron chi connectivity index (χ0n) is 21.7. The Hall–Kier alpha value is -3.61. The number of halogens is 1. The van der Waals surface area contributed by atoms with Gasteiger partial charge in [-0.25, -0.2) is 0 Å². The van der Waals surface area contributed by atoms with E-state index < -0.39 is 6.04 Å². The van der Waals surface area contributed by atoms with Crippen molar-refractivity contribution in [2.45, 2.75) is 43.9 Å². The van der Waals surface area contributed by atoms with Crippen molar-refractivity contribution in [3.8, 4) is 0 Å². The lowest BCUT2D eigenvalue weighted by molar-refractivity contribution is -0.161. The maximum Gasteiger partial charge on any atom is 0.246 e. The van der Waals surface area contributed by atoms with Crippen molar-refractivity contribution in [3.05, 3.63) is 106 Å². The average molecular weight is 539 g/mol. The summed E-state index contributed by atoms with van der Waals surface area (Å²) in [7, 11) is 0. The Bertz CT molecular complexity index is 1530. The monoisotopic (exact) mass is 538 g/mol. The van der Waals surface area contributed by atoms with Gasteiger partial charge < -0.3 is 14.8 Å². The first-order chi connectivity index (χ1) is 19.1. The van der Waals surface area contributed by atoms with E-state index >= 15 is 0 Å². The summed E-state index contributed by atoms with van der Waals surface area (Å²) in [6.45, 7) is 2.90. The molecule has 4 heterocycles. The molecule has 7 rings (SSSR count). The number of likely N-dealkylation sites (tertiary alicyclic amines) is 1. The third kappa shape index (κ3) is 4.32. The molecule has 6 nitrogen and oxygen atoms in total. The Morgan fingerprint density at radius 1 is 0.872 bits per heavy atom. The van der Waals surface area contributed by atoms with Crippen molar-refractivity contribution in [2.75, 3.05) is 19.6 Å². The van der Waals surface area contributed by atoms with Gasteiger partial charge in [0, 0.05) is 53.7 Å². The molecule has 7 heteroatoms. The first-order valence-corrected chi connectivity index (χ1v) is 14.2. The number of para-hydroxylation sites is 1. The normalized spacial score (nSPS) is 22.3. The number of aromatic amines is 1. The fourth-order valence-corrected chi connectivity index (χ4v) is 6.94. The molecule has 3 aromatic carbocycles. The Morgan fingerprint density at radius 3 is 2.36 bits per heavy atom. The minimum absolute atomic E-state index is 0.00979. The Morgan fingerprint density at radius 2 is 1.59 bits per heavy atom. The first-order valence-electron chi connectivity index (χ1n) is 13.8. The van der Waals surface area contributed by atoms with Crippen molar-refractivity contribution < 1.29 is 9.59 Å². The van der Waals surface area contributed by atoms with Crippen LogP contribution in [0.1, 0.15) is 41.3 Å². The van der Waals surface area contributed by atoms with E-state index in [2.05, 4.69) is 46.3 Å². The summed E-state index contributed by atoms with van der Waals surface area (Å²) in [5.74, 6) is 0.0848. The number of piperazine rings is 1. The number of hydrogen-bond donors (Lipinski definition) is 1. The van der Waals surface area contributed by atoms with Crippen molar-refractivity contribution in [1.29, 1.82) is 0 Å². The van der Waals surface area contributed by atoms with Gasteiger partial charge in [0.25, 0.3) is 0 Å². The second kappa shape index (κ2) is 9.85. The van der Waals surface area contributed by atoms with Gasteiger partial charge >= 0.3 is 0 Å². The van der Waals surface area contributed by atoms with Gasteiger partial charge in [-0.05, 0) is 47.7 Å². The van der Waals surface area contributed by atoms with E-state index in [4.69, 9.17) is 11.6 Å². The summed E-state index contributed by atoms with van der Waals surface area (Å²) in [6, 6.07) is 25.6. The summed E-state index contributed by atoms with van der Waals surface area (Å²) in [4.78, 5) is 37.8. The highest BCUT2D eigenvalue weighted by Crippen LogP contribution is 2.43. The van der Waals surface area contributed by atoms with Gasteiger partial charge in [-0.1, -0.05) is 72.3 Å². The van der Waals surface area contributed by atoms with E-state index in [9.17, 15) is 9.59 Å². The van der Waals surface area contributed by atoms with E-state index in [1.165, 1.54) is 5.56 Å². The molecule has 198 valence electrons. The fraction of sp³-hybridized carbons (Fsp3) is 0.312. The predicted octanol–water partition coefficient (Wildman–Crippen LogP) is 5.17. The predicted molar refractivity (Wildman–Crippen MR) is 152 cm³/mol. The van der Waals surface area contributed by atoms with Crippen LogP contribution in [0.15, 0.2) is 78.9 Å². The van der Waals surface area contributed by atoms with Crippen molar-refractivity contribution in [3.63, 3.8) is 0 Å². The second-order valence-electron chi connectivity index (χ2n) is 11.0. The van der Waals surface area contributed by atoms with Gasteiger partial charge in [-0.3, -0.25) is 14.5 Å². The lowest BCUT2D eigenvalue weighted by Gasteiger charge is -2.49. The molecule has 2 atom stereocenters. The Labute approximate surface area is 233 Å². The lowest BCUT2D eigenvalue weighted by Crippen LogP contribution is -2.65. The maximum atomic E-state index is 14.2. The van der Waals surface area contributed by atoms with E-state index in [1.807, 2.05) is 52.3 Å². The molecule has 4 aromatic rings. The number of hydrogen-bond acceptors (Lipinski definition) is 3. The van der Waals surface area contributed by atoms with Crippen molar-refractivity contribution in [1.82, 2.24) is 19.7 Å². The van der Waals surface area contributed by atoms with Crippen LogP contribution in [0.25, 0.3) is 10.9 Å². The molecule has 3 aliphatic heterocycles. The molecule has 39 heavy (non-hydrogen) atoms. The van der Waals surface area contributed by atoms with Gasteiger partial charge in [0.05, 0.1) is 6.04 Å². The summed E-state index contributed by atoms with van der Waals surface area (Å²) in [5.41, 5.74) is 5.43. The summed E-state index contributed by atoms with van der Waals surface area (Å²) in [6.07, 6.45) is 2.30. The average Bonchev–Trinajstić information content (AvgIpc) is 3.34. The van der Waals surface area contributed by atoms with Crippen molar-refractivity contribution >= 4 is 34.3 Å². The highest BCUT2D eigenvalue weighted by atomic mass is 35.5. The lowest BCUT2D eigenvalue weighted by atomic mass is 9.85. The molecule has 0 aliphatic carbocycles. The van der Waals surface area contributed by atoms with Crippen LogP contribution in [0.4, 0.5) is 0 Å². The smallest absolute Gasteiger partial charge is 0.246 e. The van der Waals surface area contributed by atoms with Crippen molar-refractivity contribution in [2.24, 2.45) is 0 Å². The summed E-state index contributed by atoms with van der Waals surface area (Å²) in [5, 5.41) is 1.77. The number of fused-ring (bicyclic) bond motifs is 4. The number of piperidine rings is 1. The van der Waals surface area contributed by atoms with E-state index in [1.54, 1.807) is 0 Å². The van der Waals surface area contributed by atoms with Crippen LogP contribution in [0, 0.1) is 0 Å². The third-order valence-electron chi connectivity index (χ3n) is 8.73. The van der Waals surface area contributed by atoms with Gasteiger partial charge in [0.15, 0.2) is 0 Å². The number of benzene rings is 3. The minimum atomic E-state index is -0.513. The van der Waals surface area contributed by atoms with E-state index in [0.717, 1.165) is 60.2 Å². The van der Waals surface area contributed by atoms with Gasteiger partial charge in [-0.2, -0.15) is 0 Å². The highest BCUT2D eigenvalue weighted by molar-refractivity contribution is 6.30. The molecular weight excluding hydrogens is 508 g/mol. The Kier molecular flexibility index (Phi) is 6.17. The number of aromatic nitrogens is 1. The zero-order chi connectivity index (χ0) is 26.5. The molecule has 0 spiro atoms. The van der Waals surface area contributed by atoms with Crippen LogP contribution >= 0.6 is 11.6 Å². The molecule has 2 fully saturated rings. The third-order valence-corrected chi connectivity index (χ3v) is 8.98. The topological polar surface area (TPSA) is 59.7 Å². The summed E-state index contributed by atoms with van der Waals surface area (Å²) < 4.78 is 0. The maximum absolute atomic E-state index is 14.2. The molecule has 3 aliphatic rings. The van der Waals surface area contributed by atoms with Crippen LogP contribution < -0.4 is 0 Å². The molecule has 0 radical (unpaired) electrons. The van der Waals surface area contributed by atoms with E-state index in [-0.39, 0.29) is 30.4 Å². The second-order valence-corrected chi connectivity index (χ2v) is 11.4. The van der Waals surface area contributed by atoms with Crippen LogP contribution in [0.2, 0.25) is 5.02 Å². The molecule has 2 saturated heterocycles. The van der Waals surface area contributed by atoms with Crippen LogP contribution in [-0.2, 0) is 22.6 Å². The SMILES string of the molecule is O=C1[C@H]2Cc3c([nH]c4ccccc34)[C@@H](c3ccc(Cl)cc3)N2C(=O)CN1C1CCN(Cc2ccccc2)CC1. The number of H-pyrrole nitrogens is 1. The molecule has 1 aromatic heterocycles. The number of amides is 2. The first kappa shape index (κ1) is 24.4. The molecule has 0 saturated carbocycles. The van der Waals surface area contributed by atoms with Crippen LogP contribution in [0.5, 0.6) is 0 Å². The summed E-state index contributed by atoms with van der Waals surface area (Å²) >= 11 is 6.21. The standard InChI is InChI=1S/C32H31ClN4O2/c33-23-12-10-22(11-13-23)31-30-26(25-8-4-5-9-27(25)34-30)18-28-32(39)36(20-29(38)37(28)31)24-14-16-35(17-15-24)19-21-6-2-1-3-7-21/h1-13,24,28,31,34H,14-20H2/t28-,31-/m1/s1. The minimum Gasteiger partial charge on any atom is -0.356 e. The number of rotatable bonds is 4. The quantitative estimate of drug-likeness (QED) is 0.390. The number of carbonyl (C=O) groups excluding carboxylic acids is 2. The largest absolute Gasteiger partial charge is 0.356 e.